The van der Waals surface area contributed by atoms with Gasteiger partial charge >= 0.3 is 0 Å². The second-order valence-corrected chi connectivity index (χ2v) is 12.7. The van der Waals surface area contributed by atoms with E-state index in [-0.39, 0.29) is 28.8 Å². The van der Waals surface area contributed by atoms with E-state index >= 15 is 0 Å². The highest BCUT2D eigenvalue weighted by Gasteiger charge is 2.41. The molecular weight excluding hydrogens is 510 g/mol. The molecule has 2 aliphatic carbocycles. The SMILES string of the molecule is O=C(C1CCC(NS(=O)(=O)c2ccc3c(Cl)c(-c4ccccc4)[nH]c3c2)CC1)N1CCOC[C@@H]1C1CC1. The van der Waals surface area contributed by atoms with Gasteiger partial charge in [0.2, 0.25) is 15.9 Å². The molecule has 2 heterocycles. The van der Waals surface area contributed by atoms with Gasteiger partial charge in [0.15, 0.2) is 0 Å². The fraction of sp³-hybridized carbons (Fsp3) is 0.464. The van der Waals surface area contributed by atoms with E-state index in [1.54, 1.807) is 18.2 Å². The lowest BCUT2D eigenvalue weighted by Gasteiger charge is -2.39. The van der Waals surface area contributed by atoms with Crippen molar-refractivity contribution < 1.29 is 17.9 Å². The minimum atomic E-state index is -3.71. The molecule has 2 saturated carbocycles. The number of sulfonamides is 1. The van der Waals surface area contributed by atoms with E-state index in [1.165, 1.54) is 12.8 Å². The number of nitrogens with zero attached hydrogens (tertiary/aromatic N) is 1. The van der Waals surface area contributed by atoms with Crippen molar-refractivity contribution in [1.29, 1.82) is 0 Å². The summed E-state index contributed by atoms with van der Waals surface area (Å²) >= 11 is 6.60. The number of carbonyl (C=O) groups is 1. The maximum Gasteiger partial charge on any atom is 0.240 e. The van der Waals surface area contributed by atoms with Crippen molar-refractivity contribution >= 4 is 38.4 Å². The van der Waals surface area contributed by atoms with Gasteiger partial charge < -0.3 is 14.6 Å². The van der Waals surface area contributed by atoms with Crippen molar-refractivity contribution in [2.45, 2.75) is 55.5 Å². The lowest BCUT2D eigenvalue weighted by molar-refractivity contribution is -0.146. The summed E-state index contributed by atoms with van der Waals surface area (Å²) in [7, 11) is -3.71. The molecule has 1 aromatic heterocycles. The van der Waals surface area contributed by atoms with Crippen LogP contribution in [0.25, 0.3) is 22.2 Å². The van der Waals surface area contributed by atoms with Gasteiger partial charge in [-0.15, -0.1) is 0 Å². The van der Waals surface area contributed by atoms with Crippen LogP contribution in [0.2, 0.25) is 5.02 Å². The number of rotatable bonds is 6. The van der Waals surface area contributed by atoms with Gasteiger partial charge in [0.25, 0.3) is 0 Å². The molecule has 1 amide bonds. The Morgan fingerprint density at radius 1 is 1.03 bits per heavy atom. The highest BCUT2D eigenvalue weighted by molar-refractivity contribution is 7.89. The van der Waals surface area contributed by atoms with E-state index in [0.717, 1.165) is 16.6 Å². The van der Waals surface area contributed by atoms with Crippen LogP contribution in [0.3, 0.4) is 0 Å². The van der Waals surface area contributed by atoms with Gasteiger partial charge in [-0.2, -0.15) is 0 Å². The first-order valence-electron chi connectivity index (χ1n) is 13.2. The Labute approximate surface area is 222 Å². The zero-order valence-corrected chi connectivity index (χ0v) is 22.2. The molecule has 2 N–H and O–H groups in total. The summed E-state index contributed by atoms with van der Waals surface area (Å²) in [5.74, 6) is 0.779. The Hall–Kier alpha value is -2.39. The van der Waals surface area contributed by atoms with Crippen molar-refractivity contribution in [2.24, 2.45) is 11.8 Å². The molecule has 0 unspecified atom stereocenters. The summed E-state index contributed by atoms with van der Waals surface area (Å²) in [4.78, 5) is 18.8. The minimum absolute atomic E-state index is 0.0334. The van der Waals surface area contributed by atoms with Crippen molar-refractivity contribution in [1.82, 2.24) is 14.6 Å². The van der Waals surface area contributed by atoms with Gasteiger partial charge in [-0.05, 0) is 68.2 Å². The Morgan fingerprint density at radius 2 is 1.78 bits per heavy atom. The second kappa shape index (κ2) is 10.1. The van der Waals surface area contributed by atoms with Gasteiger partial charge in [0.05, 0.1) is 34.9 Å². The van der Waals surface area contributed by atoms with Gasteiger partial charge in [-0.1, -0.05) is 41.9 Å². The molecular formula is C28H32ClN3O4S. The molecule has 196 valence electrons. The van der Waals surface area contributed by atoms with Crippen molar-refractivity contribution in [3.63, 3.8) is 0 Å². The molecule has 3 aliphatic rings. The van der Waals surface area contributed by atoms with Crippen molar-refractivity contribution in [3.8, 4) is 11.3 Å². The summed E-state index contributed by atoms with van der Waals surface area (Å²) < 4.78 is 35.0. The van der Waals surface area contributed by atoms with Crippen molar-refractivity contribution in [2.75, 3.05) is 19.8 Å². The summed E-state index contributed by atoms with van der Waals surface area (Å²) in [6.07, 6.45) is 5.07. The third kappa shape index (κ3) is 5.04. The molecule has 3 fully saturated rings. The lowest BCUT2D eigenvalue weighted by atomic mass is 9.85. The Bertz CT molecular complexity index is 1400. The van der Waals surface area contributed by atoms with E-state index < -0.39 is 10.0 Å². The van der Waals surface area contributed by atoms with Crippen molar-refractivity contribution in [3.05, 3.63) is 53.6 Å². The van der Waals surface area contributed by atoms with Gasteiger partial charge in [-0.3, -0.25) is 4.79 Å². The number of aromatic amines is 1. The van der Waals surface area contributed by atoms with Crippen LogP contribution in [0.15, 0.2) is 53.4 Å². The molecule has 1 saturated heterocycles. The Kier molecular flexibility index (Phi) is 6.77. The fourth-order valence-corrected chi connectivity index (χ4v) is 7.51. The summed E-state index contributed by atoms with van der Waals surface area (Å²) in [6.45, 7) is 1.92. The lowest BCUT2D eigenvalue weighted by Crippen LogP contribution is -2.52. The van der Waals surface area contributed by atoms with Crippen LogP contribution < -0.4 is 4.72 Å². The number of halogens is 1. The van der Waals surface area contributed by atoms with Crippen LogP contribution in [0.5, 0.6) is 0 Å². The Morgan fingerprint density at radius 3 is 2.51 bits per heavy atom. The molecule has 9 heteroatoms. The maximum absolute atomic E-state index is 13.3. The number of fused-ring (bicyclic) bond motifs is 1. The van der Waals surface area contributed by atoms with E-state index in [4.69, 9.17) is 16.3 Å². The zero-order valence-electron chi connectivity index (χ0n) is 20.7. The number of hydrogen-bond acceptors (Lipinski definition) is 4. The molecule has 1 aliphatic heterocycles. The van der Waals surface area contributed by atoms with E-state index in [2.05, 4.69) is 14.6 Å². The molecule has 0 spiro atoms. The normalized spacial score (nSPS) is 24.9. The van der Waals surface area contributed by atoms with E-state index in [9.17, 15) is 13.2 Å². The largest absolute Gasteiger partial charge is 0.377 e. The van der Waals surface area contributed by atoms with Crippen LogP contribution in [-0.2, 0) is 19.6 Å². The average molecular weight is 542 g/mol. The van der Waals surface area contributed by atoms with Gasteiger partial charge in [0.1, 0.15) is 0 Å². The summed E-state index contributed by atoms with van der Waals surface area (Å²) in [6, 6.07) is 14.8. The summed E-state index contributed by atoms with van der Waals surface area (Å²) in [5, 5.41) is 1.36. The number of amides is 1. The average Bonchev–Trinajstić information content (AvgIpc) is 3.72. The smallest absolute Gasteiger partial charge is 0.240 e. The van der Waals surface area contributed by atoms with Crippen LogP contribution in [0.4, 0.5) is 0 Å². The molecule has 37 heavy (non-hydrogen) atoms. The third-order valence-electron chi connectivity index (χ3n) is 8.09. The first-order valence-corrected chi connectivity index (χ1v) is 15.0. The number of ether oxygens (including phenoxy) is 1. The van der Waals surface area contributed by atoms with Gasteiger partial charge in [-0.25, -0.2) is 13.1 Å². The number of morpholine rings is 1. The number of benzene rings is 2. The first-order chi connectivity index (χ1) is 17.9. The predicted octanol–water partition coefficient (Wildman–Crippen LogP) is 4.96. The van der Waals surface area contributed by atoms with Gasteiger partial charge in [0, 0.05) is 29.4 Å². The second-order valence-electron chi connectivity index (χ2n) is 10.6. The zero-order chi connectivity index (χ0) is 25.6. The maximum atomic E-state index is 13.3. The standard InChI is InChI=1S/C28H32ClN3O4S/c29-26-23-13-12-22(16-24(23)30-27(26)19-4-2-1-3-5-19)37(34,35)31-21-10-8-20(9-11-21)28(33)32-14-15-36-17-25(32)18-6-7-18/h1-5,12-13,16,18,20-21,25,30-31H,6-11,14-15,17H2/t20?,21?,25-/m1/s1. The molecule has 3 aromatic rings. The molecule has 7 nitrogen and oxygen atoms in total. The molecule has 0 radical (unpaired) electrons. The third-order valence-corrected chi connectivity index (χ3v) is 10.0. The monoisotopic (exact) mass is 541 g/mol. The minimum Gasteiger partial charge on any atom is -0.377 e. The molecule has 1 atom stereocenters. The van der Waals surface area contributed by atoms with Crippen LogP contribution in [0.1, 0.15) is 38.5 Å². The fourth-order valence-electron chi connectivity index (χ4n) is 5.86. The van der Waals surface area contributed by atoms with Crippen LogP contribution in [0, 0.1) is 11.8 Å². The first kappa shape index (κ1) is 24.9. The van der Waals surface area contributed by atoms with Crippen LogP contribution >= 0.6 is 11.6 Å². The highest BCUT2D eigenvalue weighted by atomic mass is 35.5. The topological polar surface area (TPSA) is 91.5 Å². The summed E-state index contributed by atoms with van der Waals surface area (Å²) in [5.41, 5.74) is 2.39. The number of carbonyl (C=O) groups excluding carboxylic acids is 1. The number of H-pyrrole nitrogens is 1. The van der Waals surface area contributed by atoms with Crippen LogP contribution in [-0.4, -0.2) is 56.1 Å². The Balaban J connectivity index is 1.12. The van der Waals surface area contributed by atoms with E-state index in [0.29, 0.717) is 61.9 Å². The number of nitrogens with one attached hydrogen (secondary N) is 2. The predicted molar refractivity (Wildman–Crippen MR) is 144 cm³/mol. The highest BCUT2D eigenvalue weighted by Crippen LogP contribution is 2.38. The molecule has 6 rings (SSSR count). The quantitative estimate of drug-likeness (QED) is 0.461. The van der Waals surface area contributed by atoms with E-state index in [1.807, 2.05) is 30.3 Å². The number of hydrogen-bond donors (Lipinski definition) is 2. The molecule has 0 bridgehead atoms. The molecule has 2 aromatic carbocycles. The number of aromatic nitrogens is 1.